The molecule has 2 rings (SSSR count). The highest BCUT2D eigenvalue weighted by Crippen LogP contribution is 1.98. The number of hydrogen-bond donors (Lipinski definition) is 2. The normalized spacial score (nSPS) is 26.6. The molecule has 0 unspecified atom stereocenters. The van der Waals surface area contributed by atoms with Gasteiger partial charge in [-0.25, -0.2) is 0 Å². The van der Waals surface area contributed by atoms with E-state index in [1.807, 2.05) is 6.34 Å². The highest BCUT2D eigenvalue weighted by molar-refractivity contribution is 5.57. The number of nitrogens with one attached hydrogen (secondary N) is 2. The van der Waals surface area contributed by atoms with E-state index in [2.05, 4.69) is 20.5 Å². The van der Waals surface area contributed by atoms with Crippen molar-refractivity contribution in [2.75, 3.05) is 26.2 Å². The second kappa shape index (κ2) is 2.56. The summed E-state index contributed by atoms with van der Waals surface area (Å²) in [5, 5.41) is 6.64. The van der Waals surface area contributed by atoms with E-state index in [1.165, 1.54) is 0 Å². The molecule has 2 heterocycles. The Morgan fingerprint density at radius 1 is 1.40 bits per heavy atom. The van der Waals surface area contributed by atoms with Gasteiger partial charge in [0.25, 0.3) is 0 Å². The van der Waals surface area contributed by atoms with Gasteiger partial charge in [0, 0.05) is 19.6 Å². The molecule has 0 saturated carbocycles. The minimum absolute atomic E-state index is 0.339. The molecule has 0 amide bonds. The summed E-state index contributed by atoms with van der Waals surface area (Å²) in [4.78, 5) is 6.32. The van der Waals surface area contributed by atoms with E-state index < -0.39 is 0 Å². The predicted octanol–water partition coefficient (Wildman–Crippen LogP) is -1.19. The highest BCUT2D eigenvalue weighted by Gasteiger charge is 2.19. The third-order valence-electron chi connectivity index (χ3n) is 1.85. The first-order valence-electron chi connectivity index (χ1n) is 3.69. The van der Waals surface area contributed by atoms with Gasteiger partial charge in [-0.15, -0.1) is 0 Å². The lowest BCUT2D eigenvalue weighted by atomic mass is 10.6. The Bertz CT molecular complexity index is 139. The van der Waals surface area contributed by atoms with Crippen LogP contribution in [0.25, 0.3) is 0 Å². The lowest BCUT2D eigenvalue weighted by molar-refractivity contribution is 0.294. The predicted molar refractivity (Wildman–Crippen MR) is 39.9 cm³/mol. The number of nitrogens with zero attached hydrogens (tertiary/aromatic N) is 2. The molecule has 0 spiro atoms. The standard InChI is InChI=1S/C6H12N4/c1-2-9-6(8-1)10-4-3-7-5-10/h5-6,8-9H,1-4H2. The van der Waals surface area contributed by atoms with Gasteiger partial charge >= 0.3 is 0 Å². The maximum absolute atomic E-state index is 4.13. The molecule has 0 aliphatic carbocycles. The van der Waals surface area contributed by atoms with Crippen molar-refractivity contribution in [1.29, 1.82) is 0 Å². The first-order valence-corrected chi connectivity index (χ1v) is 3.69. The maximum Gasteiger partial charge on any atom is 0.135 e. The van der Waals surface area contributed by atoms with Crippen molar-refractivity contribution in [3.8, 4) is 0 Å². The molecule has 0 atom stereocenters. The number of aliphatic imine (C=N–C) groups is 1. The second-order valence-corrected chi connectivity index (χ2v) is 2.57. The summed E-state index contributed by atoms with van der Waals surface area (Å²) in [5.41, 5.74) is 0. The molecule has 0 aromatic heterocycles. The molecule has 2 aliphatic rings. The van der Waals surface area contributed by atoms with Gasteiger partial charge in [-0.05, 0) is 0 Å². The summed E-state index contributed by atoms with van der Waals surface area (Å²) in [5.74, 6) is 0. The van der Waals surface area contributed by atoms with E-state index >= 15 is 0 Å². The SMILES string of the molecule is C1=NCCN1C1NCCN1. The summed E-state index contributed by atoms with van der Waals surface area (Å²) in [7, 11) is 0. The van der Waals surface area contributed by atoms with Crippen molar-refractivity contribution < 1.29 is 0 Å². The van der Waals surface area contributed by atoms with E-state index in [4.69, 9.17) is 0 Å². The molecule has 1 saturated heterocycles. The van der Waals surface area contributed by atoms with Crippen LogP contribution in [-0.4, -0.2) is 43.7 Å². The molecule has 0 aromatic carbocycles. The minimum atomic E-state index is 0.339. The highest BCUT2D eigenvalue weighted by atomic mass is 15.4. The van der Waals surface area contributed by atoms with Gasteiger partial charge < -0.3 is 4.90 Å². The van der Waals surface area contributed by atoms with Crippen LogP contribution in [0.3, 0.4) is 0 Å². The molecule has 1 fully saturated rings. The van der Waals surface area contributed by atoms with Gasteiger partial charge in [-0.2, -0.15) is 0 Å². The van der Waals surface area contributed by atoms with Crippen molar-refractivity contribution in [1.82, 2.24) is 15.5 Å². The zero-order valence-electron chi connectivity index (χ0n) is 5.88. The zero-order chi connectivity index (χ0) is 6.81. The van der Waals surface area contributed by atoms with E-state index in [9.17, 15) is 0 Å². The third-order valence-corrected chi connectivity index (χ3v) is 1.85. The average Bonchev–Trinajstić information content (AvgIpc) is 2.59. The van der Waals surface area contributed by atoms with Crippen molar-refractivity contribution >= 4 is 6.34 Å². The molecule has 0 aromatic rings. The Kier molecular flexibility index (Phi) is 1.56. The number of hydrogen-bond acceptors (Lipinski definition) is 4. The van der Waals surface area contributed by atoms with Crippen LogP contribution in [-0.2, 0) is 0 Å². The summed E-state index contributed by atoms with van der Waals surface area (Å²) < 4.78 is 0. The Morgan fingerprint density at radius 3 is 2.80 bits per heavy atom. The van der Waals surface area contributed by atoms with Crippen molar-refractivity contribution in [2.45, 2.75) is 6.29 Å². The summed E-state index contributed by atoms with van der Waals surface area (Å²) in [6.45, 7) is 4.12. The Labute approximate surface area is 60.3 Å². The lowest BCUT2D eigenvalue weighted by Crippen LogP contribution is -2.46. The molecule has 4 heteroatoms. The van der Waals surface area contributed by atoms with Gasteiger partial charge in [-0.1, -0.05) is 0 Å². The smallest absolute Gasteiger partial charge is 0.135 e. The van der Waals surface area contributed by atoms with Gasteiger partial charge in [0.1, 0.15) is 6.29 Å². The lowest BCUT2D eigenvalue weighted by Gasteiger charge is -2.21. The molecule has 2 N–H and O–H groups in total. The van der Waals surface area contributed by atoms with Crippen LogP contribution in [0.2, 0.25) is 0 Å². The first kappa shape index (κ1) is 6.12. The summed E-state index contributed by atoms with van der Waals surface area (Å²) >= 11 is 0. The Balaban J connectivity index is 1.91. The van der Waals surface area contributed by atoms with Crippen molar-refractivity contribution in [3.63, 3.8) is 0 Å². The minimum Gasteiger partial charge on any atom is -0.333 e. The third kappa shape index (κ3) is 0.998. The van der Waals surface area contributed by atoms with Crippen molar-refractivity contribution in [3.05, 3.63) is 0 Å². The molecule has 10 heavy (non-hydrogen) atoms. The van der Waals surface area contributed by atoms with E-state index in [-0.39, 0.29) is 0 Å². The van der Waals surface area contributed by atoms with Gasteiger partial charge in [0.05, 0.1) is 12.9 Å². The molecule has 4 nitrogen and oxygen atoms in total. The largest absolute Gasteiger partial charge is 0.333 e. The van der Waals surface area contributed by atoms with Crippen LogP contribution in [0.4, 0.5) is 0 Å². The average molecular weight is 140 g/mol. The van der Waals surface area contributed by atoms with Gasteiger partial charge in [0.15, 0.2) is 0 Å². The number of rotatable bonds is 1. The molecule has 2 aliphatic heterocycles. The van der Waals surface area contributed by atoms with Crippen LogP contribution in [0.15, 0.2) is 4.99 Å². The fourth-order valence-corrected chi connectivity index (χ4v) is 1.31. The van der Waals surface area contributed by atoms with Crippen LogP contribution >= 0.6 is 0 Å². The molecular weight excluding hydrogens is 128 g/mol. The van der Waals surface area contributed by atoms with Gasteiger partial charge in [-0.3, -0.25) is 15.6 Å². The summed E-state index contributed by atoms with van der Waals surface area (Å²) in [6.07, 6.45) is 2.25. The van der Waals surface area contributed by atoms with E-state index in [1.54, 1.807) is 0 Å². The molecule has 56 valence electrons. The van der Waals surface area contributed by atoms with Gasteiger partial charge in [0.2, 0.25) is 0 Å². The fourth-order valence-electron chi connectivity index (χ4n) is 1.31. The van der Waals surface area contributed by atoms with E-state index in [0.29, 0.717) is 6.29 Å². The fraction of sp³-hybridized carbons (Fsp3) is 0.833. The van der Waals surface area contributed by atoms with Crippen LogP contribution < -0.4 is 10.6 Å². The zero-order valence-corrected chi connectivity index (χ0v) is 5.88. The van der Waals surface area contributed by atoms with Crippen LogP contribution in [0.5, 0.6) is 0 Å². The Hall–Kier alpha value is -0.610. The Morgan fingerprint density at radius 2 is 2.20 bits per heavy atom. The molecule has 0 bridgehead atoms. The van der Waals surface area contributed by atoms with Crippen LogP contribution in [0, 0.1) is 0 Å². The quantitative estimate of drug-likeness (QED) is 0.481. The van der Waals surface area contributed by atoms with Crippen molar-refractivity contribution in [2.24, 2.45) is 4.99 Å². The second-order valence-electron chi connectivity index (χ2n) is 2.57. The first-order chi connectivity index (χ1) is 4.97. The van der Waals surface area contributed by atoms with Crippen LogP contribution in [0.1, 0.15) is 0 Å². The molecular formula is C6H12N4. The van der Waals surface area contributed by atoms with E-state index in [0.717, 1.165) is 26.2 Å². The monoisotopic (exact) mass is 140 g/mol. The summed E-state index contributed by atoms with van der Waals surface area (Å²) in [6, 6.07) is 0. The topological polar surface area (TPSA) is 39.7 Å². The molecule has 0 radical (unpaired) electrons. The maximum atomic E-state index is 4.13.